The van der Waals surface area contributed by atoms with Crippen molar-refractivity contribution in [2.75, 3.05) is 27.2 Å². The highest BCUT2D eigenvalue weighted by atomic mass is 16.1. The summed E-state index contributed by atoms with van der Waals surface area (Å²) in [5.74, 6) is 0.740. The molecule has 0 spiro atoms. The van der Waals surface area contributed by atoms with Crippen molar-refractivity contribution >= 4 is 11.4 Å². The van der Waals surface area contributed by atoms with E-state index < -0.39 is 0 Å². The Bertz CT molecular complexity index is 919. The van der Waals surface area contributed by atoms with Crippen LogP contribution in [0.15, 0.2) is 42.7 Å². The average Bonchev–Trinajstić information content (AvgIpc) is 3.17. The summed E-state index contributed by atoms with van der Waals surface area (Å²) in [5, 5.41) is 7.73. The number of carbonyl (C=O) groups is 1. The predicted octanol–water partition coefficient (Wildman–Crippen LogP) is 2.50. The number of aromatic nitrogens is 3. The molecule has 0 aromatic carbocycles. The highest BCUT2D eigenvalue weighted by Gasteiger charge is 2.23. The van der Waals surface area contributed by atoms with Crippen LogP contribution in [0.4, 0.5) is 0 Å². The van der Waals surface area contributed by atoms with Gasteiger partial charge in [-0.2, -0.15) is 5.10 Å². The molecule has 1 saturated carbocycles. The van der Waals surface area contributed by atoms with Gasteiger partial charge < -0.3 is 14.6 Å². The van der Waals surface area contributed by atoms with Crippen molar-refractivity contribution in [3.05, 3.63) is 48.3 Å². The Balaban J connectivity index is 1.63. The van der Waals surface area contributed by atoms with Crippen molar-refractivity contribution in [3.63, 3.8) is 0 Å². The lowest BCUT2D eigenvalue weighted by Crippen LogP contribution is -2.31. The molecule has 136 valence electrons. The predicted molar refractivity (Wildman–Crippen MR) is 102 cm³/mol. The van der Waals surface area contributed by atoms with Gasteiger partial charge in [0.1, 0.15) is 5.69 Å². The van der Waals surface area contributed by atoms with Crippen molar-refractivity contribution in [1.82, 2.24) is 24.4 Å². The summed E-state index contributed by atoms with van der Waals surface area (Å²) in [4.78, 5) is 14.7. The van der Waals surface area contributed by atoms with Crippen LogP contribution in [0.3, 0.4) is 0 Å². The zero-order valence-electron chi connectivity index (χ0n) is 15.4. The second-order valence-corrected chi connectivity index (χ2v) is 7.32. The molecular weight excluding hydrogens is 326 g/mol. The monoisotopic (exact) mass is 351 g/mol. The first-order chi connectivity index (χ1) is 12.6. The summed E-state index contributed by atoms with van der Waals surface area (Å²) in [7, 11) is 3.99. The number of fused-ring (bicyclic) bond motifs is 1. The zero-order chi connectivity index (χ0) is 18.1. The molecule has 0 saturated heterocycles. The highest BCUT2D eigenvalue weighted by Crippen LogP contribution is 2.31. The summed E-state index contributed by atoms with van der Waals surface area (Å²) in [6.45, 7) is 2.43. The smallest absolute Gasteiger partial charge is 0.253 e. The van der Waals surface area contributed by atoms with Crippen LogP contribution in [0.1, 0.15) is 23.2 Å². The Hall–Kier alpha value is -2.60. The van der Waals surface area contributed by atoms with Crippen LogP contribution in [0.2, 0.25) is 0 Å². The molecule has 4 rings (SSSR count). The van der Waals surface area contributed by atoms with Gasteiger partial charge in [0.05, 0.1) is 16.8 Å². The van der Waals surface area contributed by atoms with E-state index in [1.165, 1.54) is 12.8 Å². The van der Waals surface area contributed by atoms with E-state index in [4.69, 9.17) is 5.10 Å². The van der Waals surface area contributed by atoms with Crippen LogP contribution in [-0.4, -0.2) is 52.2 Å². The standard InChI is InChI=1S/C20H25N5O/c1-23(2)12-9-21-20(26)16-13-19(25-10-4-3-5-18(16)25)17-8-11-24(22-17)14-15-6-7-15/h3-5,8,10-11,13,15H,6-7,9,12,14H2,1-2H3,(H,21,26). The van der Waals surface area contributed by atoms with Gasteiger partial charge in [-0.1, -0.05) is 6.07 Å². The van der Waals surface area contributed by atoms with Crippen molar-refractivity contribution < 1.29 is 4.79 Å². The van der Waals surface area contributed by atoms with E-state index >= 15 is 0 Å². The minimum atomic E-state index is -0.0424. The lowest BCUT2D eigenvalue weighted by Gasteiger charge is -2.10. The third-order valence-electron chi connectivity index (χ3n) is 4.81. The van der Waals surface area contributed by atoms with Crippen LogP contribution >= 0.6 is 0 Å². The lowest BCUT2D eigenvalue weighted by atomic mass is 10.2. The maximum Gasteiger partial charge on any atom is 0.253 e. The molecule has 1 aliphatic carbocycles. The molecule has 3 aromatic heterocycles. The first-order valence-electron chi connectivity index (χ1n) is 9.18. The molecule has 0 atom stereocenters. The van der Waals surface area contributed by atoms with Crippen molar-refractivity contribution in [2.45, 2.75) is 19.4 Å². The number of carbonyl (C=O) groups excluding carboxylic acids is 1. The molecule has 3 aromatic rings. The molecule has 3 heterocycles. The normalized spacial score (nSPS) is 14.3. The SMILES string of the molecule is CN(C)CCNC(=O)c1cc(-c2ccn(CC3CC3)n2)n2ccccc12. The fourth-order valence-corrected chi connectivity index (χ4v) is 3.19. The molecule has 1 aliphatic rings. The number of hydrogen-bond donors (Lipinski definition) is 1. The fraction of sp³-hybridized carbons (Fsp3) is 0.400. The van der Waals surface area contributed by atoms with E-state index in [0.717, 1.165) is 35.9 Å². The molecule has 1 N–H and O–H groups in total. The molecule has 6 heteroatoms. The maximum absolute atomic E-state index is 12.7. The van der Waals surface area contributed by atoms with Gasteiger partial charge in [-0.3, -0.25) is 9.48 Å². The molecule has 1 fully saturated rings. The average molecular weight is 351 g/mol. The van der Waals surface area contributed by atoms with Gasteiger partial charge in [0, 0.05) is 32.0 Å². The molecule has 0 aliphatic heterocycles. The number of hydrogen-bond acceptors (Lipinski definition) is 3. The van der Waals surface area contributed by atoms with Gasteiger partial charge >= 0.3 is 0 Å². The molecule has 0 unspecified atom stereocenters. The maximum atomic E-state index is 12.7. The van der Waals surface area contributed by atoms with E-state index in [9.17, 15) is 4.79 Å². The van der Waals surface area contributed by atoms with Gasteiger partial charge in [0.25, 0.3) is 5.91 Å². The van der Waals surface area contributed by atoms with E-state index in [0.29, 0.717) is 12.1 Å². The Labute approximate surface area is 153 Å². The Kier molecular flexibility index (Phi) is 4.51. The van der Waals surface area contributed by atoms with E-state index in [-0.39, 0.29) is 5.91 Å². The number of nitrogens with one attached hydrogen (secondary N) is 1. The third kappa shape index (κ3) is 3.51. The number of amides is 1. The molecule has 0 radical (unpaired) electrons. The molecular formula is C20H25N5O. The summed E-state index contributed by atoms with van der Waals surface area (Å²) in [6, 6.07) is 9.90. The number of nitrogens with zero attached hydrogens (tertiary/aromatic N) is 4. The van der Waals surface area contributed by atoms with Crippen molar-refractivity contribution in [2.24, 2.45) is 5.92 Å². The largest absolute Gasteiger partial charge is 0.351 e. The summed E-state index contributed by atoms with van der Waals surface area (Å²) in [6.07, 6.45) is 6.63. The minimum absolute atomic E-state index is 0.0424. The Morgan fingerprint density at radius 2 is 2.12 bits per heavy atom. The topological polar surface area (TPSA) is 54.6 Å². The molecule has 6 nitrogen and oxygen atoms in total. The highest BCUT2D eigenvalue weighted by molar-refractivity contribution is 6.02. The van der Waals surface area contributed by atoms with Crippen LogP contribution < -0.4 is 5.32 Å². The first-order valence-corrected chi connectivity index (χ1v) is 9.18. The van der Waals surface area contributed by atoms with Crippen molar-refractivity contribution in [1.29, 1.82) is 0 Å². The minimum Gasteiger partial charge on any atom is -0.351 e. The summed E-state index contributed by atoms with van der Waals surface area (Å²) in [5.41, 5.74) is 3.45. The summed E-state index contributed by atoms with van der Waals surface area (Å²) < 4.78 is 4.07. The van der Waals surface area contributed by atoms with E-state index in [1.54, 1.807) is 0 Å². The Morgan fingerprint density at radius 1 is 1.27 bits per heavy atom. The molecule has 0 bridgehead atoms. The summed E-state index contributed by atoms with van der Waals surface area (Å²) >= 11 is 0. The van der Waals surface area contributed by atoms with E-state index in [2.05, 4.69) is 10.2 Å². The van der Waals surface area contributed by atoms with Crippen LogP contribution in [0.25, 0.3) is 16.9 Å². The van der Waals surface area contributed by atoms with Gasteiger partial charge in [0.15, 0.2) is 0 Å². The van der Waals surface area contributed by atoms with E-state index in [1.807, 2.05) is 65.9 Å². The number of pyridine rings is 1. The van der Waals surface area contributed by atoms with Gasteiger partial charge in [-0.25, -0.2) is 0 Å². The van der Waals surface area contributed by atoms with Gasteiger partial charge in [0.2, 0.25) is 0 Å². The van der Waals surface area contributed by atoms with Gasteiger partial charge in [-0.05, 0) is 57.1 Å². The lowest BCUT2D eigenvalue weighted by molar-refractivity contribution is 0.0953. The van der Waals surface area contributed by atoms with Crippen LogP contribution in [-0.2, 0) is 6.54 Å². The molecule has 1 amide bonds. The number of likely N-dealkylation sites (N-methyl/N-ethyl adjacent to an activating group) is 1. The van der Waals surface area contributed by atoms with Crippen molar-refractivity contribution in [3.8, 4) is 11.4 Å². The fourth-order valence-electron chi connectivity index (χ4n) is 3.19. The van der Waals surface area contributed by atoms with Gasteiger partial charge in [-0.15, -0.1) is 0 Å². The second kappa shape index (κ2) is 6.96. The van der Waals surface area contributed by atoms with Crippen LogP contribution in [0.5, 0.6) is 0 Å². The second-order valence-electron chi connectivity index (χ2n) is 7.32. The third-order valence-corrected chi connectivity index (χ3v) is 4.81. The Morgan fingerprint density at radius 3 is 2.88 bits per heavy atom. The zero-order valence-corrected chi connectivity index (χ0v) is 15.4. The molecule has 26 heavy (non-hydrogen) atoms. The number of rotatable bonds is 7. The quantitative estimate of drug-likeness (QED) is 0.712. The van der Waals surface area contributed by atoms with Crippen LogP contribution in [0, 0.1) is 5.92 Å². The first kappa shape index (κ1) is 16.8.